The van der Waals surface area contributed by atoms with Crippen molar-refractivity contribution in [3.8, 4) is 11.8 Å². The third-order valence-electron chi connectivity index (χ3n) is 3.55. The van der Waals surface area contributed by atoms with E-state index in [1.165, 1.54) is 25.3 Å². The molecule has 0 unspecified atom stereocenters. The van der Waals surface area contributed by atoms with Crippen molar-refractivity contribution in [1.29, 1.82) is 5.26 Å². The van der Waals surface area contributed by atoms with Crippen LogP contribution in [0.3, 0.4) is 0 Å². The van der Waals surface area contributed by atoms with Crippen LogP contribution in [0.15, 0.2) is 50.9 Å². The van der Waals surface area contributed by atoms with Crippen molar-refractivity contribution in [3.63, 3.8) is 0 Å². The van der Waals surface area contributed by atoms with Crippen molar-refractivity contribution in [2.24, 2.45) is 0 Å². The Morgan fingerprint density at radius 2 is 1.89 bits per heavy atom. The number of esters is 1. The fourth-order valence-electron chi connectivity index (χ4n) is 2.29. The maximum Gasteiger partial charge on any atom is 0.337 e. The minimum Gasteiger partial charge on any atom is -0.492 e. The van der Waals surface area contributed by atoms with Gasteiger partial charge < -0.3 is 14.8 Å². The van der Waals surface area contributed by atoms with Crippen molar-refractivity contribution in [3.05, 3.63) is 62.0 Å². The van der Waals surface area contributed by atoms with E-state index in [1.807, 2.05) is 19.1 Å². The van der Waals surface area contributed by atoms with Gasteiger partial charge in [-0.2, -0.15) is 5.26 Å². The van der Waals surface area contributed by atoms with Crippen molar-refractivity contribution in [2.75, 3.05) is 19.0 Å². The number of nitrogens with zero attached hydrogens (tertiary/aromatic N) is 1. The quantitative estimate of drug-likeness (QED) is 0.339. The van der Waals surface area contributed by atoms with Gasteiger partial charge in [-0.05, 0) is 65.3 Å². The topological polar surface area (TPSA) is 88.4 Å². The number of halogens is 2. The molecule has 6 nitrogen and oxygen atoms in total. The maximum atomic E-state index is 12.5. The molecule has 1 N–H and O–H groups in total. The molecule has 0 aliphatic rings. The Balaban J connectivity index is 2.29. The zero-order chi connectivity index (χ0) is 20.7. The molecule has 0 radical (unpaired) electrons. The molecule has 2 aromatic carbocycles. The number of anilines is 1. The smallest absolute Gasteiger partial charge is 0.337 e. The minimum absolute atomic E-state index is 0.0944. The highest BCUT2D eigenvalue weighted by molar-refractivity contribution is 9.11. The van der Waals surface area contributed by atoms with Crippen LogP contribution in [0.5, 0.6) is 5.75 Å². The zero-order valence-corrected chi connectivity index (χ0v) is 18.3. The first kappa shape index (κ1) is 21.7. The fraction of sp³-hybridized carbons (Fsp3) is 0.150. The Morgan fingerprint density at radius 1 is 1.21 bits per heavy atom. The third-order valence-corrected chi connectivity index (χ3v) is 4.60. The third kappa shape index (κ3) is 5.44. The van der Waals surface area contributed by atoms with E-state index < -0.39 is 11.9 Å². The molecule has 2 aromatic rings. The first-order valence-electron chi connectivity index (χ1n) is 8.13. The lowest BCUT2D eigenvalue weighted by Crippen LogP contribution is -2.13. The summed E-state index contributed by atoms with van der Waals surface area (Å²) in [6.45, 7) is 2.28. The molecule has 0 heterocycles. The Hall–Kier alpha value is -2.63. The molecule has 0 atom stereocenters. The summed E-state index contributed by atoms with van der Waals surface area (Å²) in [6, 6.07) is 11.6. The molecule has 8 heteroatoms. The molecule has 0 fully saturated rings. The number of nitriles is 1. The summed E-state index contributed by atoms with van der Waals surface area (Å²) in [6.07, 6.45) is 1.46. The Labute approximate surface area is 179 Å². The molecule has 2 rings (SSSR count). The van der Waals surface area contributed by atoms with Crippen LogP contribution < -0.4 is 10.1 Å². The number of ether oxygens (including phenoxy) is 2. The first-order valence-corrected chi connectivity index (χ1v) is 9.71. The number of carbonyl (C=O) groups excluding carboxylic acids is 2. The van der Waals surface area contributed by atoms with E-state index >= 15 is 0 Å². The number of nitrogens with one attached hydrogen (secondary N) is 1. The van der Waals surface area contributed by atoms with Crippen LogP contribution in [-0.4, -0.2) is 25.6 Å². The average Bonchev–Trinajstić information content (AvgIpc) is 2.68. The highest BCUT2D eigenvalue weighted by Crippen LogP contribution is 2.34. The van der Waals surface area contributed by atoms with E-state index in [-0.39, 0.29) is 5.57 Å². The van der Waals surface area contributed by atoms with Gasteiger partial charge in [-0.15, -0.1) is 0 Å². The van der Waals surface area contributed by atoms with Crippen molar-refractivity contribution in [2.45, 2.75) is 6.92 Å². The van der Waals surface area contributed by atoms with Crippen molar-refractivity contribution < 1.29 is 19.1 Å². The van der Waals surface area contributed by atoms with Gasteiger partial charge in [0.25, 0.3) is 5.91 Å². The molecule has 144 valence electrons. The average molecular weight is 508 g/mol. The number of hydrogen-bond donors (Lipinski definition) is 1. The first-order chi connectivity index (χ1) is 13.4. The summed E-state index contributed by atoms with van der Waals surface area (Å²) in [5, 5.41) is 12.1. The number of rotatable bonds is 6. The predicted molar refractivity (Wildman–Crippen MR) is 113 cm³/mol. The zero-order valence-electron chi connectivity index (χ0n) is 15.1. The van der Waals surface area contributed by atoms with Gasteiger partial charge in [0.2, 0.25) is 0 Å². The van der Waals surface area contributed by atoms with Crippen LogP contribution in [0.2, 0.25) is 0 Å². The number of benzene rings is 2. The lowest BCUT2D eigenvalue weighted by Gasteiger charge is -2.11. The molecule has 0 saturated carbocycles. The molecule has 0 saturated heterocycles. The lowest BCUT2D eigenvalue weighted by atomic mass is 10.1. The molecule has 0 bridgehead atoms. The molecule has 1 amide bonds. The second kappa shape index (κ2) is 10.1. The predicted octanol–water partition coefficient (Wildman–Crippen LogP) is 4.94. The molecule has 0 spiro atoms. The molecular weight excluding hydrogens is 492 g/mol. The van der Waals surface area contributed by atoms with Crippen LogP contribution in [0, 0.1) is 11.3 Å². The van der Waals surface area contributed by atoms with Crippen LogP contribution >= 0.6 is 31.9 Å². The van der Waals surface area contributed by atoms with E-state index in [2.05, 4.69) is 41.9 Å². The second-order valence-electron chi connectivity index (χ2n) is 5.43. The number of amides is 1. The van der Waals surface area contributed by atoms with Gasteiger partial charge in [0.15, 0.2) is 0 Å². The van der Waals surface area contributed by atoms with Gasteiger partial charge in [-0.3, -0.25) is 4.79 Å². The summed E-state index contributed by atoms with van der Waals surface area (Å²) in [5.41, 5.74) is 1.29. The van der Waals surface area contributed by atoms with Crippen LogP contribution in [0.4, 0.5) is 5.69 Å². The van der Waals surface area contributed by atoms with Gasteiger partial charge in [0, 0.05) is 15.7 Å². The normalized spacial score (nSPS) is 10.8. The molecular formula is C20H16Br2N2O4. The van der Waals surface area contributed by atoms with Gasteiger partial charge in [-0.1, -0.05) is 15.9 Å². The largest absolute Gasteiger partial charge is 0.492 e. The summed E-state index contributed by atoms with van der Waals surface area (Å²) in [5.74, 6) is -0.514. The van der Waals surface area contributed by atoms with Crippen molar-refractivity contribution in [1.82, 2.24) is 0 Å². The monoisotopic (exact) mass is 506 g/mol. The number of carbonyl (C=O) groups is 2. The summed E-state index contributed by atoms with van der Waals surface area (Å²) in [4.78, 5) is 24.0. The summed E-state index contributed by atoms with van der Waals surface area (Å²) < 4.78 is 11.7. The van der Waals surface area contributed by atoms with Gasteiger partial charge in [0.05, 0.1) is 23.8 Å². The van der Waals surface area contributed by atoms with E-state index in [0.717, 1.165) is 4.47 Å². The highest BCUT2D eigenvalue weighted by Gasteiger charge is 2.14. The van der Waals surface area contributed by atoms with Gasteiger partial charge in [-0.25, -0.2) is 4.79 Å². The molecule has 0 aliphatic carbocycles. The molecule has 28 heavy (non-hydrogen) atoms. The Morgan fingerprint density at radius 3 is 2.46 bits per heavy atom. The maximum absolute atomic E-state index is 12.5. The van der Waals surface area contributed by atoms with E-state index in [4.69, 9.17) is 4.74 Å². The lowest BCUT2D eigenvalue weighted by molar-refractivity contribution is -0.112. The van der Waals surface area contributed by atoms with Crippen LogP contribution in [0.1, 0.15) is 22.8 Å². The highest BCUT2D eigenvalue weighted by atomic mass is 79.9. The number of hydrogen-bond acceptors (Lipinski definition) is 5. The fourth-order valence-corrected chi connectivity index (χ4v) is 3.67. The van der Waals surface area contributed by atoms with E-state index in [0.29, 0.717) is 33.6 Å². The molecule has 0 aromatic heterocycles. The second-order valence-corrected chi connectivity index (χ2v) is 7.20. The summed E-state index contributed by atoms with van der Waals surface area (Å²) in [7, 11) is 1.29. The van der Waals surface area contributed by atoms with Crippen LogP contribution in [-0.2, 0) is 9.53 Å². The minimum atomic E-state index is -0.577. The molecule has 0 aliphatic heterocycles. The standard InChI is InChI=1S/C20H16Br2N2O4/c1-3-28-18-13(9-15(21)10-17(18)22)8-14(11-23)19(25)24-16-6-4-12(5-7-16)20(26)27-2/h4-10H,3H2,1-2H3,(H,24,25)/b14-8+. The Bertz CT molecular complexity index is 963. The summed E-state index contributed by atoms with van der Waals surface area (Å²) >= 11 is 6.81. The van der Waals surface area contributed by atoms with Crippen LogP contribution in [0.25, 0.3) is 6.08 Å². The van der Waals surface area contributed by atoms with Gasteiger partial charge >= 0.3 is 5.97 Å². The van der Waals surface area contributed by atoms with E-state index in [9.17, 15) is 14.9 Å². The van der Waals surface area contributed by atoms with Gasteiger partial charge in [0.1, 0.15) is 17.4 Å². The number of methoxy groups -OCH3 is 1. The Kier molecular flexibility index (Phi) is 7.79. The SMILES string of the molecule is CCOc1c(Br)cc(Br)cc1/C=C(\C#N)C(=O)Nc1ccc(C(=O)OC)cc1. The van der Waals surface area contributed by atoms with E-state index in [1.54, 1.807) is 18.2 Å². The van der Waals surface area contributed by atoms with Crippen molar-refractivity contribution >= 4 is 55.5 Å².